The molecule has 230 valence electrons. The highest BCUT2D eigenvalue weighted by molar-refractivity contribution is 7.90. The minimum atomic E-state index is -4.22. The lowest BCUT2D eigenvalue weighted by Crippen LogP contribution is -2.34. The van der Waals surface area contributed by atoms with Crippen LogP contribution in [0.15, 0.2) is 43.7 Å². The number of carbonyl (C=O) groups excluding carboxylic acids is 1. The second-order valence-corrected chi connectivity index (χ2v) is 14.8. The van der Waals surface area contributed by atoms with E-state index in [4.69, 9.17) is 21.2 Å². The Balaban J connectivity index is 0.000000262. The van der Waals surface area contributed by atoms with Gasteiger partial charge in [0, 0.05) is 34.0 Å². The third-order valence-corrected chi connectivity index (χ3v) is 9.57. The van der Waals surface area contributed by atoms with Crippen LogP contribution in [0, 0.1) is 0 Å². The molecule has 0 fully saturated rings. The van der Waals surface area contributed by atoms with Gasteiger partial charge in [-0.2, -0.15) is 8.42 Å². The summed E-state index contributed by atoms with van der Waals surface area (Å²) in [5.74, 6) is 0. The fourth-order valence-corrected chi connectivity index (χ4v) is 6.66. The van der Waals surface area contributed by atoms with Crippen LogP contribution in [0.1, 0.15) is 73.9 Å². The largest absolute Gasteiger partial charge is 0.451 e. The Hall–Kier alpha value is -2.88. The molecule has 12 nitrogen and oxygen atoms in total. The fourth-order valence-electron chi connectivity index (χ4n) is 4.92. The van der Waals surface area contributed by atoms with Crippen LogP contribution >= 0.6 is 11.6 Å². The van der Waals surface area contributed by atoms with Gasteiger partial charge in [-0.1, -0.05) is 11.6 Å². The summed E-state index contributed by atoms with van der Waals surface area (Å²) in [6.45, 7) is 6.06. The van der Waals surface area contributed by atoms with Crippen LogP contribution < -0.4 is 15.2 Å². The van der Waals surface area contributed by atoms with E-state index in [0.29, 0.717) is 16.8 Å². The number of sulfonamides is 2. The van der Waals surface area contributed by atoms with Crippen molar-refractivity contribution < 1.29 is 40.7 Å². The molecule has 6 N–H and O–H groups in total. The van der Waals surface area contributed by atoms with Crippen molar-refractivity contribution in [3.8, 4) is 0 Å². The highest BCUT2D eigenvalue weighted by Gasteiger charge is 2.31. The van der Waals surface area contributed by atoms with Crippen molar-refractivity contribution >= 4 is 43.4 Å². The number of aliphatic hydroxyl groups is 2. The number of urea groups is 1. The standard InChI is InChI=1S/C20H23ClN2O5S.C7H11NO4S/c1-20(2,25)11-9-16(28-10-11)29(26,27)23-19(24)22-18-14-7-3-5-12(14)17(21)13-6-4-8-15(13)18;1-7(2,9)5-3-6(12-4-5)13(8,10)11/h9-10,25H,3-8H2,1-2H3,(H2,22,23,24);3-4,9H,1-2H3,(H2,8,10,11). The molecule has 0 spiro atoms. The van der Waals surface area contributed by atoms with E-state index in [2.05, 4.69) is 9.73 Å². The predicted molar refractivity (Wildman–Crippen MR) is 154 cm³/mol. The lowest BCUT2D eigenvalue weighted by molar-refractivity contribution is 0.0773. The number of hydrogen-bond acceptors (Lipinski definition) is 9. The Kier molecular flexibility index (Phi) is 8.64. The van der Waals surface area contributed by atoms with Crippen LogP contribution in [0.25, 0.3) is 0 Å². The highest BCUT2D eigenvalue weighted by Crippen LogP contribution is 2.44. The summed E-state index contributed by atoms with van der Waals surface area (Å²) in [7, 11) is -8.04. The molecule has 0 radical (unpaired) electrons. The molecule has 0 aliphatic heterocycles. The lowest BCUT2D eigenvalue weighted by Gasteiger charge is -2.18. The van der Waals surface area contributed by atoms with Crippen molar-refractivity contribution in [1.82, 2.24) is 4.72 Å². The van der Waals surface area contributed by atoms with Crippen molar-refractivity contribution in [3.63, 3.8) is 0 Å². The van der Waals surface area contributed by atoms with Crippen LogP contribution in [-0.4, -0.2) is 33.1 Å². The third-order valence-electron chi connectivity index (χ3n) is 7.14. The van der Waals surface area contributed by atoms with Gasteiger partial charge in [0.25, 0.3) is 20.0 Å². The number of nitrogens with two attached hydrogens (primary N) is 1. The first-order valence-corrected chi connectivity index (χ1v) is 16.5. The molecular weight excluding hydrogens is 610 g/mol. The van der Waals surface area contributed by atoms with Crippen LogP contribution in [0.4, 0.5) is 10.5 Å². The Morgan fingerprint density at radius 3 is 1.67 bits per heavy atom. The summed E-state index contributed by atoms with van der Waals surface area (Å²) in [4.78, 5) is 12.6. The number of furan rings is 2. The quantitative estimate of drug-likeness (QED) is 0.265. The Morgan fingerprint density at radius 2 is 1.26 bits per heavy atom. The van der Waals surface area contributed by atoms with E-state index >= 15 is 0 Å². The number of amides is 2. The summed E-state index contributed by atoms with van der Waals surface area (Å²) in [6.07, 6.45) is 7.57. The van der Waals surface area contributed by atoms with Crippen molar-refractivity contribution in [2.45, 2.75) is 87.6 Å². The molecule has 42 heavy (non-hydrogen) atoms. The number of rotatable bonds is 6. The first kappa shape index (κ1) is 32.0. The molecule has 0 bridgehead atoms. The molecule has 2 aliphatic carbocycles. The second-order valence-electron chi connectivity index (χ2n) is 11.3. The van der Waals surface area contributed by atoms with Crippen LogP contribution in [0.2, 0.25) is 5.02 Å². The fraction of sp³-hybridized carbons (Fsp3) is 0.444. The third kappa shape index (κ3) is 6.84. The van der Waals surface area contributed by atoms with Gasteiger partial charge >= 0.3 is 6.03 Å². The van der Waals surface area contributed by atoms with Crippen LogP contribution in [0.5, 0.6) is 0 Å². The first-order chi connectivity index (χ1) is 19.3. The van der Waals surface area contributed by atoms with E-state index in [9.17, 15) is 31.8 Å². The zero-order chi connectivity index (χ0) is 31.3. The monoisotopic (exact) mass is 643 g/mol. The maximum absolute atomic E-state index is 12.6. The van der Waals surface area contributed by atoms with Gasteiger partial charge < -0.3 is 24.4 Å². The lowest BCUT2D eigenvalue weighted by atomic mass is 9.98. The smallest absolute Gasteiger partial charge is 0.333 e. The van der Waals surface area contributed by atoms with Crippen molar-refractivity contribution in [2.75, 3.05) is 5.32 Å². The summed E-state index contributed by atoms with van der Waals surface area (Å²) in [5.41, 5.74) is 3.10. The number of anilines is 1. The zero-order valence-corrected chi connectivity index (χ0v) is 26.0. The van der Waals surface area contributed by atoms with Crippen molar-refractivity contribution in [1.29, 1.82) is 0 Å². The molecule has 1 aromatic carbocycles. The zero-order valence-electron chi connectivity index (χ0n) is 23.6. The molecule has 15 heteroatoms. The molecule has 2 aliphatic rings. The summed E-state index contributed by atoms with van der Waals surface area (Å²) < 4.78 is 58.3. The normalized spacial score (nSPS) is 15.0. The van der Waals surface area contributed by atoms with Crippen molar-refractivity contribution in [2.24, 2.45) is 5.14 Å². The molecule has 5 rings (SSSR count). The molecule has 2 amide bonds. The number of nitrogens with one attached hydrogen (secondary N) is 2. The van der Waals surface area contributed by atoms with E-state index in [0.717, 1.165) is 72.1 Å². The molecule has 0 unspecified atom stereocenters. The molecule has 0 saturated heterocycles. The Morgan fingerprint density at radius 1 is 0.833 bits per heavy atom. The van der Waals surface area contributed by atoms with Gasteiger partial charge in [0.05, 0.1) is 23.7 Å². The maximum Gasteiger partial charge on any atom is 0.333 e. The maximum atomic E-state index is 12.6. The van der Waals surface area contributed by atoms with Crippen LogP contribution in [0.3, 0.4) is 0 Å². The molecule has 0 saturated carbocycles. The van der Waals surface area contributed by atoms with Gasteiger partial charge in [0.15, 0.2) is 0 Å². The number of carbonyl (C=O) groups is 1. The van der Waals surface area contributed by atoms with Gasteiger partial charge in [-0.05, 0) is 88.5 Å². The average molecular weight is 644 g/mol. The second kappa shape index (κ2) is 11.3. The summed E-state index contributed by atoms with van der Waals surface area (Å²) in [6, 6.07) is 1.56. The van der Waals surface area contributed by atoms with Gasteiger partial charge in [-0.15, -0.1) is 0 Å². The predicted octanol–water partition coefficient (Wildman–Crippen LogP) is 3.80. The topological polar surface area (TPSA) is 202 Å². The van der Waals surface area contributed by atoms with E-state index < -0.39 is 42.4 Å². The number of fused-ring (bicyclic) bond motifs is 2. The number of primary sulfonamides is 1. The van der Waals surface area contributed by atoms with Gasteiger partial charge in [-0.3, -0.25) is 0 Å². The van der Waals surface area contributed by atoms with Crippen LogP contribution in [-0.2, 0) is 56.9 Å². The number of halogens is 1. The van der Waals surface area contributed by atoms with E-state index in [-0.39, 0.29) is 5.09 Å². The average Bonchev–Trinajstić information content (AvgIpc) is 3.66. The Bertz CT molecular complexity index is 1690. The Labute approximate surface area is 249 Å². The number of benzene rings is 1. The number of hydrogen-bond donors (Lipinski definition) is 5. The SMILES string of the molecule is CC(C)(O)c1coc(S(=O)(=O)NC(=O)Nc2c3c(c(Cl)c4c2CCC4)CCC3)c1.CC(C)(O)c1coc(S(N)(=O)=O)c1. The van der Waals surface area contributed by atoms with E-state index in [1.54, 1.807) is 0 Å². The molecule has 2 heterocycles. The highest BCUT2D eigenvalue weighted by atomic mass is 35.5. The molecule has 0 atom stereocenters. The summed E-state index contributed by atoms with van der Waals surface area (Å²) in [5, 5.41) is 27.0. The van der Waals surface area contributed by atoms with Gasteiger partial charge in [0.1, 0.15) is 0 Å². The van der Waals surface area contributed by atoms with E-state index in [1.807, 2.05) is 4.72 Å². The first-order valence-electron chi connectivity index (χ1n) is 13.1. The summed E-state index contributed by atoms with van der Waals surface area (Å²) >= 11 is 6.58. The van der Waals surface area contributed by atoms with Gasteiger partial charge in [0.2, 0.25) is 10.2 Å². The minimum Gasteiger partial charge on any atom is -0.451 e. The molecular formula is C27H34ClN3O9S2. The minimum absolute atomic E-state index is 0.298. The van der Waals surface area contributed by atoms with E-state index in [1.165, 1.54) is 46.1 Å². The molecule has 3 aromatic rings. The molecule has 2 aromatic heterocycles. The van der Waals surface area contributed by atoms with Crippen molar-refractivity contribution in [3.05, 3.63) is 63.1 Å². The van der Waals surface area contributed by atoms with Gasteiger partial charge in [-0.25, -0.2) is 23.1 Å².